The van der Waals surface area contributed by atoms with E-state index in [9.17, 15) is 0 Å². The van der Waals surface area contributed by atoms with Crippen LogP contribution in [0.4, 0.5) is 0 Å². The van der Waals surface area contributed by atoms with Gasteiger partial charge in [0, 0.05) is 10.0 Å². The quantitative estimate of drug-likeness (QED) is 0.634. The first kappa shape index (κ1) is 15.1. The van der Waals surface area contributed by atoms with Crippen molar-refractivity contribution in [2.75, 3.05) is 6.61 Å². The van der Waals surface area contributed by atoms with Crippen molar-refractivity contribution in [1.29, 1.82) is 0 Å². The van der Waals surface area contributed by atoms with Gasteiger partial charge in [-0.15, -0.1) is 0 Å². The van der Waals surface area contributed by atoms with Gasteiger partial charge in [0.1, 0.15) is 12.4 Å². The topological polar surface area (TPSA) is 47.3 Å². The monoisotopic (exact) mass is 310 g/mol. The molecule has 2 rings (SSSR count). The van der Waals surface area contributed by atoms with Crippen LogP contribution in [-0.2, 0) is 6.42 Å². The van der Waals surface area contributed by atoms with Gasteiger partial charge in [-0.1, -0.05) is 41.4 Å². The molecule has 0 aliphatic carbocycles. The predicted octanol–water partition coefficient (Wildman–Crippen LogP) is 3.45. The average molecular weight is 311 g/mol. The Labute approximate surface area is 128 Å². The molecule has 0 saturated carbocycles. The van der Waals surface area contributed by atoms with Gasteiger partial charge in [0.25, 0.3) is 0 Å². The first-order valence-electron chi connectivity index (χ1n) is 6.27. The van der Waals surface area contributed by atoms with Crippen molar-refractivity contribution in [1.82, 2.24) is 5.43 Å². The smallest absolute Gasteiger partial charge is 0.119 e. The second kappa shape index (κ2) is 7.50. The normalized spacial score (nSPS) is 12.2. The van der Waals surface area contributed by atoms with Crippen molar-refractivity contribution in [3.63, 3.8) is 0 Å². The van der Waals surface area contributed by atoms with E-state index in [0.717, 1.165) is 16.3 Å². The number of halogens is 2. The van der Waals surface area contributed by atoms with Gasteiger partial charge < -0.3 is 4.74 Å². The van der Waals surface area contributed by atoms with E-state index in [1.165, 1.54) is 0 Å². The summed E-state index contributed by atoms with van der Waals surface area (Å²) in [5.74, 6) is 6.32. The molecular weight excluding hydrogens is 295 g/mol. The Balaban J connectivity index is 1.92. The van der Waals surface area contributed by atoms with E-state index in [0.29, 0.717) is 18.1 Å². The van der Waals surface area contributed by atoms with Gasteiger partial charge in [-0.2, -0.15) is 0 Å². The molecule has 3 nitrogen and oxygen atoms in total. The Kier molecular flexibility index (Phi) is 5.68. The van der Waals surface area contributed by atoms with E-state index in [1.54, 1.807) is 12.1 Å². The lowest BCUT2D eigenvalue weighted by Gasteiger charge is -2.17. The van der Waals surface area contributed by atoms with Crippen molar-refractivity contribution < 1.29 is 4.74 Å². The van der Waals surface area contributed by atoms with Gasteiger partial charge in [-0.05, 0) is 42.3 Å². The number of ether oxygens (including phenoxy) is 1. The molecule has 0 aromatic heterocycles. The molecule has 0 amide bonds. The van der Waals surface area contributed by atoms with E-state index < -0.39 is 0 Å². The largest absolute Gasteiger partial charge is 0.492 e. The first-order chi connectivity index (χ1) is 9.69. The molecule has 0 aliphatic rings. The van der Waals surface area contributed by atoms with E-state index in [-0.39, 0.29) is 6.04 Å². The number of hydrogen-bond acceptors (Lipinski definition) is 3. The molecule has 2 aromatic carbocycles. The number of hydrogen-bond donors (Lipinski definition) is 2. The van der Waals surface area contributed by atoms with Crippen LogP contribution in [0.3, 0.4) is 0 Å². The number of rotatable bonds is 6. The molecule has 0 saturated heterocycles. The fourth-order valence-corrected chi connectivity index (χ4v) is 2.16. The van der Waals surface area contributed by atoms with Crippen molar-refractivity contribution in [3.05, 3.63) is 64.1 Å². The van der Waals surface area contributed by atoms with Crippen LogP contribution in [0.1, 0.15) is 5.56 Å². The zero-order valence-electron chi connectivity index (χ0n) is 10.9. The first-order valence-corrected chi connectivity index (χ1v) is 7.02. The summed E-state index contributed by atoms with van der Waals surface area (Å²) in [6, 6.07) is 14.9. The highest BCUT2D eigenvalue weighted by Crippen LogP contribution is 2.18. The Bertz CT molecular complexity index is 546. The third-order valence-corrected chi connectivity index (χ3v) is 3.55. The maximum atomic E-state index is 6.14. The second-order valence-corrected chi connectivity index (χ2v) is 5.27. The predicted molar refractivity (Wildman–Crippen MR) is 83.2 cm³/mol. The van der Waals surface area contributed by atoms with Crippen molar-refractivity contribution >= 4 is 23.2 Å². The molecular formula is C15H16Cl2N2O. The number of hydrazine groups is 1. The maximum Gasteiger partial charge on any atom is 0.119 e. The van der Waals surface area contributed by atoms with Crippen LogP contribution in [0.2, 0.25) is 10.0 Å². The van der Waals surface area contributed by atoms with Gasteiger partial charge in [0.2, 0.25) is 0 Å². The minimum absolute atomic E-state index is 0.0226. The number of benzene rings is 2. The van der Waals surface area contributed by atoms with Crippen molar-refractivity contribution in [3.8, 4) is 5.75 Å². The third kappa shape index (κ3) is 4.39. The minimum atomic E-state index is -0.0226. The molecule has 0 aliphatic heterocycles. The summed E-state index contributed by atoms with van der Waals surface area (Å²) >= 11 is 12.0. The molecule has 0 fully saturated rings. The van der Waals surface area contributed by atoms with Crippen LogP contribution in [0.15, 0.2) is 48.5 Å². The summed E-state index contributed by atoms with van der Waals surface area (Å²) in [6.07, 6.45) is 0.698. The molecule has 20 heavy (non-hydrogen) atoms. The fraction of sp³-hybridized carbons (Fsp3) is 0.200. The van der Waals surface area contributed by atoms with Crippen LogP contribution < -0.4 is 16.0 Å². The molecule has 0 bridgehead atoms. The summed E-state index contributed by atoms with van der Waals surface area (Å²) in [4.78, 5) is 0. The van der Waals surface area contributed by atoms with Crippen LogP contribution in [0, 0.1) is 0 Å². The Morgan fingerprint density at radius 3 is 2.40 bits per heavy atom. The standard InChI is InChI=1S/C15H16Cl2N2O/c16-12-5-7-14(8-6-12)20-10-13(19-18)9-11-3-1-2-4-15(11)17/h1-8,13,19H,9-10,18H2. The van der Waals surface area contributed by atoms with Crippen LogP contribution in [0.5, 0.6) is 5.75 Å². The molecule has 0 heterocycles. The van der Waals surface area contributed by atoms with E-state index in [2.05, 4.69) is 5.43 Å². The average Bonchev–Trinajstić information content (AvgIpc) is 2.47. The van der Waals surface area contributed by atoms with E-state index >= 15 is 0 Å². The molecule has 0 radical (unpaired) electrons. The molecule has 2 aromatic rings. The zero-order chi connectivity index (χ0) is 14.4. The summed E-state index contributed by atoms with van der Waals surface area (Å²) in [5.41, 5.74) is 3.79. The molecule has 5 heteroatoms. The molecule has 106 valence electrons. The lowest BCUT2D eigenvalue weighted by Crippen LogP contribution is -2.41. The lowest BCUT2D eigenvalue weighted by atomic mass is 10.1. The summed E-state index contributed by atoms with van der Waals surface area (Å²) < 4.78 is 5.68. The van der Waals surface area contributed by atoms with Gasteiger partial charge in [0.15, 0.2) is 0 Å². The summed E-state index contributed by atoms with van der Waals surface area (Å²) in [6.45, 7) is 0.448. The fourth-order valence-electron chi connectivity index (χ4n) is 1.82. The highest BCUT2D eigenvalue weighted by Gasteiger charge is 2.11. The lowest BCUT2D eigenvalue weighted by molar-refractivity contribution is 0.264. The van der Waals surface area contributed by atoms with Crippen molar-refractivity contribution in [2.24, 2.45) is 5.84 Å². The summed E-state index contributed by atoms with van der Waals surface area (Å²) in [7, 11) is 0. The maximum absolute atomic E-state index is 6.14. The van der Waals surface area contributed by atoms with Gasteiger partial charge in [-0.25, -0.2) is 0 Å². The van der Waals surface area contributed by atoms with Gasteiger partial charge >= 0.3 is 0 Å². The summed E-state index contributed by atoms with van der Waals surface area (Å²) in [5, 5.41) is 1.42. The Hall–Kier alpha value is -1.26. The Morgan fingerprint density at radius 2 is 1.75 bits per heavy atom. The number of nitrogens with one attached hydrogen (secondary N) is 1. The molecule has 3 N–H and O–H groups in total. The Morgan fingerprint density at radius 1 is 1.05 bits per heavy atom. The van der Waals surface area contributed by atoms with Crippen LogP contribution >= 0.6 is 23.2 Å². The third-order valence-electron chi connectivity index (χ3n) is 2.92. The zero-order valence-corrected chi connectivity index (χ0v) is 12.4. The van der Waals surface area contributed by atoms with Gasteiger partial charge in [-0.3, -0.25) is 11.3 Å². The molecule has 1 unspecified atom stereocenters. The van der Waals surface area contributed by atoms with Crippen LogP contribution in [0.25, 0.3) is 0 Å². The number of nitrogens with two attached hydrogens (primary N) is 1. The van der Waals surface area contributed by atoms with Gasteiger partial charge in [0.05, 0.1) is 6.04 Å². The van der Waals surface area contributed by atoms with E-state index in [4.69, 9.17) is 33.8 Å². The minimum Gasteiger partial charge on any atom is -0.492 e. The van der Waals surface area contributed by atoms with E-state index in [1.807, 2.05) is 36.4 Å². The second-order valence-electron chi connectivity index (χ2n) is 4.42. The highest BCUT2D eigenvalue weighted by molar-refractivity contribution is 6.31. The molecule has 1 atom stereocenters. The van der Waals surface area contributed by atoms with Crippen molar-refractivity contribution in [2.45, 2.75) is 12.5 Å². The van der Waals surface area contributed by atoms with Crippen LogP contribution in [-0.4, -0.2) is 12.6 Å². The highest BCUT2D eigenvalue weighted by atomic mass is 35.5. The SMILES string of the molecule is NNC(COc1ccc(Cl)cc1)Cc1ccccc1Cl. The molecule has 0 spiro atoms.